The molecule has 40 heavy (non-hydrogen) atoms. The Balaban J connectivity index is 1.91. The van der Waals surface area contributed by atoms with Crippen LogP contribution in [0.1, 0.15) is 31.8 Å². The fourth-order valence-electron chi connectivity index (χ4n) is 3.89. The molecule has 0 aromatic heterocycles. The minimum Gasteiger partial charge on any atom is -0.507 e. The molecule has 0 aliphatic rings. The fourth-order valence-corrected chi connectivity index (χ4v) is 3.89. The summed E-state index contributed by atoms with van der Waals surface area (Å²) in [4.78, 5) is 25.9. The number of allylic oxidation sites excluding steroid dienone is 2. The number of carbonyl (C=O) groups excluding carboxylic acids is 2. The third kappa shape index (κ3) is 6.29. The van der Waals surface area contributed by atoms with E-state index in [1.807, 2.05) is 0 Å². The second-order valence-corrected chi connectivity index (χ2v) is 8.20. The summed E-state index contributed by atoms with van der Waals surface area (Å²) in [5, 5.41) is 20.7. The first kappa shape index (κ1) is 29.4. The van der Waals surface area contributed by atoms with Crippen LogP contribution in [-0.4, -0.2) is 64.4 Å². The normalized spacial score (nSPS) is 10.9. The number of ketones is 2. The molecule has 0 saturated carbocycles. The highest BCUT2D eigenvalue weighted by Gasteiger charge is 2.18. The predicted octanol–water partition coefficient (Wildman–Crippen LogP) is 4.94. The van der Waals surface area contributed by atoms with Gasteiger partial charge in [-0.05, 0) is 53.6 Å². The van der Waals surface area contributed by atoms with Gasteiger partial charge in [-0.2, -0.15) is 0 Å². The van der Waals surface area contributed by atoms with Crippen molar-refractivity contribution in [2.24, 2.45) is 0 Å². The lowest BCUT2D eigenvalue weighted by Gasteiger charge is -2.13. The van der Waals surface area contributed by atoms with Gasteiger partial charge in [0.05, 0.1) is 53.8 Å². The number of phenols is 2. The zero-order valence-electron chi connectivity index (χ0n) is 22.9. The molecule has 10 heteroatoms. The summed E-state index contributed by atoms with van der Waals surface area (Å²) in [5.74, 6) is 0.204. The highest BCUT2D eigenvalue weighted by molar-refractivity contribution is 6.13. The first-order valence-electron chi connectivity index (χ1n) is 11.8. The molecule has 3 aromatic carbocycles. The van der Waals surface area contributed by atoms with Crippen LogP contribution in [0.3, 0.4) is 0 Å². The largest absolute Gasteiger partial charge is 0.507 e. The van der Waals surface area contributed by atoms with E-state index in [1.54, 1.807) is 24.3 Å². The van der Waals surface area contributed by atoms with E-state index in [-0.39, 0.29) is 11.1 Å². The summed E-state index contributed by atoms with van der Waals surface area (Å²) >= 11 is 0. The van der Waals surface area contributed by atoms with Crippen LogP contribution in [0.2, 0.25) is 0 Å². The van der Waals surface area contributed by atoms with E-state index in [2.05, 4.69) is 0 Å². The first-order valence-corrected chi connectivity index (χ1v) is 11.8. The minimum atomic E-state index is -0.603. The Morgan fingerprint density at radius 2 is 0.850 bits per heavy atom. The third-order valence-corrected chi connectivity index (χ3v) is 5.87. The molecule has 0 saturated heterocycles. The monoisotopic (exact) mass is 550 g/mol. The number of ether oxygens (including phenoxy) is 6. The van der Waals surface area contributed by atoms with Gasteiger partial charge in [0.15, 0.2) is 34.6 Å². The summed E-state index contributed by atoms with van der Waals surface area (Å²) < 4.78 is 31.9. The Hall–Kier alpha value is -5.12. The number of phenolic OH excluding ortho intramolecular Hbond substituents is 2. The molecule has 0 spiro atoms. The number of methoxy groups -OCH3 is 6. The maximum atomic E-state index is 13.0. The highest BCUT2D eigenvalue weighted by atomic mass is 16.5. The lowest BCUT2D eigenvalue weighted by Crippen LogP contribution is -2.01. The summed E-state index contributed by atoms with van der Waals surface area (Å²) in [6.07, 6.45) is 5.41. The van der Waals surface area contributed by atoms with Crippen molar-refractivity contribution in [2.45, 2.75) is 0 Å². The van der Waals surface area contributed by atoms with Crippen LogP contribution < -0.4 is 28.4 Å². The lowest BCUT2D eigenvalue weighted by molar-refractivity contribution is 0.104. The molecule has 10 nitrogen and oxygen atoms in total. The van der Waals surface area contributed by atoms with Gasteiger partial charge in [0, 0.05) is 6.07 Å². The summed E-state index contributed by atoms with van der Waals surface area (Å²) in [7, 11) is 8.84. The van der Waals surface area contributed by atoms with Crippen molar-refractivity contribution in [3.63, 3.8) is 0 Å². The van der Waals surface area contributed by atoms with Gasteiger partial charge in [-0.1, -0.05) is 12.2 Å². The summed E-state index contributed by atoms with van der Waals surface area (Å²) in [6.45, 7) is 0. The first-order chi connectivity index (χ1) is 19.2. The van der Waals surface area contributed by atoms with E-state index in [9.17, 15) is 19.8 Å². The van der Waals surface area contributed by atoms with Crippen molar-refractivity contribution >= 4 is 23.7 Å². The molecule has 0 aliphatic carbocycles. The van der Waals surface area contributed by atoms with Gasteiger partial charge in [0.25, 0.3) is 0 Å². The molecule has 0 aliphatic heterocycles. The number of hydrogen-bond acceptors (Lipinski definition) is 10. The topological polar surface area (TPSA) is 130 Å². The summed E-state index contributed by atoms with van der Waals surface area (Å²) in [5.41, 5.74) is 0.772. The predicted molar refractivity (Wildman–Crippen MR) is 149 cm³/mol. The van der Waals surface area contributed by atoms with Crippen molar-refractivity contribution in [1.82, 2.24) is 0 Å². The Kier molecular flexibility index (Phi) is 9.64. The zero-order valence-corrected chi connectivity index (χ0v) is 22.9. The second kappa shape index (κ2) is 13.1. The van der Waals surface area contributed by atoms with E-state index >= 15 is 0 Å². The van der Waals surface area contributed by atoms with E-state index in [0.717, 1.165) is 12.1 Å². The molecule has 0 atom stereocenters. The van der Waals surface area contributed by atoms with Crippen molar-refractivity contribution in [3.05, 3.63) is 70.8 Å². The average molecular weight is 551 g/mol. The molecule has 0 radical (unpaired) electrons. The van der Waals surface area contributed by atoms with Gasteiger partial charge >= 0.3 is 0 Å². The van der Waals surface area contributed by atoms with Gasteiger partial charge < -0.3 is 38.6 Å². The maximum absolute atomic E-state index is 13.0. The second-order valence-electron chi connectivity index (χ2n) is 8.20. The van der Waals surface area contributed by atoms with Crippen molar-refractivity contribution in [3.8, 4) is 46.0 Å². The molecule has 0 unspecified atom stereocenters. The molecule has 2 N–H and O–H groups in total. The maximum Gasteiger partial charge on any atom is 0.203 e. The van der Waals surface area contributed by atoms with Crippen molar-refractivity contribution in [1.29, 1.82) is 0 Å². The molecule has 210 valence electrons. The number of aromatic hydroxyl groups is 2. The fraction of sp³-hybridized carbons (Fsp3) is 0.200. The van der Waals surface area contributed by atoms with E-state index in [4.69, 9.17) is 28.4 Å². The van der Waals surface area contributed by atoms with E-state index in [1.165, 1.54) is 67.0 Å². The van der Waals surface area contributed by atoms with Gasteiger partial charge in [0.2, 0.25) is 11.5 Å². The van der Waals surface area contributed by atoms with Crippen LogP contribution in [0.25, 0.3) is 12.2 Å². The third-order valence-electron chi connectivity index (χ3n) is 5.87. The molecule has 3 aromatic rings. The Morgan fingerprint density at radius 3 is 1.12 bits per heavy atom. The zero-order chi connectivity index (χ0) is 29.4. The molecular weight excluding hydrogens is 520 g/mol. The lowest BCUT2D eigenvalue weighted by atomic mass is 10.0. The van der Waals surface area contributed by atoms with E-state index < -0.39 is 23.1 Å². The standard InChI is InChI=1S/C30H30O10/c1-35-25-11-17(12-26(36-2)29(25)39-5)7-9-21(31)19-15-20(24(34)16-23(19)33)22(32)10-8-18-13-27(37-3)30(40-6)28(14-18)38-4/h7-16,33-34H,1-6H3. The average Bonchev–Trinajstić information content (AvgIpc) is 2.97. The molecule has 0 heterocycles. The Morgan fingerprint density at radius 1 is 0.525 bits per heavy atom. The molecule has 0 bridgehead atoms. The van der Waals surface area contributed by atoms with Gasteiger partial charge in [-0.25, -0.2) is 0 Å². The van der Waals surface area contributed by atoms with Crippen LogP contribution in [0.5, 0.6) is 46.0 Å². The van der Waals surface area contributed by atoms with Crippen molar-refractivity contribution < 1.29 is 48.2 Å². The van der Waals surface area contributed by atoms with Crippen LogP contribution in [0.15, 0.2) is 48.6 Å². The van der Waals surface area contributed by atoms with Gasteiger partial charge in [0.1, 0.15) is 11.5 Å². The Labute approximate surface area is 231 Å². The van der Waals surface area contributed by atoms with Gasteiger partial charge in [-0.15, -0.1) is 0 Å². The van der Waals surface area contributed by atoms with Crippen LogP contribution in [0.4, 0.5) is 0 Å². The number of benzene rings is 3. The SMILES string of the molecule is COc1cc(C=CC(=O)c2cc(C(=O)C=Cc3cc(OC)c(OC)c(OC)c3)c(O)cc2O)cc(OC)c1OC. The van der Waals surface area contributed by atoms with Gasteiger partial charge in [-0.3, -0.25) is 9.59 Å². The number of hydrogen-bond donors (Lipinski definition) is 2. The van der Waals surface area contributed by atoms with Crippen LogP contribution in [-0.2, 0) is 0 Å². The quantitative estimate of drug-likeness (QED) is 0.236. The molecular formula is C30H30O10. The van der Waals surface area contributed by atoms with Crippen LogP contribution >= 0.6 is 0 Å². The summed E-state index contributed by atoms with van der Waals surface area (Å²) in [6, 6.07) is 8.65. The van der Waals surface area contributed by atoms with Crippen LogP contribution in [0, 0.1) is 0 Å². The Bertz CT molecular complexity index is 1310. The van der Waals surface area contributed by atoms with Crippen molar-refractivity contribution in [2.75, 3.05) is 42.7 Å². The number of carbonyl (C=O) groups is 2. The molecule has 0 fully saturated rings. The molecule has 3 rings (SSSR count). The minimum absolute atomic E-state index is 0.175. The highest BCUT2D eigenvalue weighted by Crippen LogP contribution is 2.40. The number of rotatable bonds is 12. The molecule has 0 amide bonds. The van der Waals surface area contributed by atoms with E-state index in [0.29, 0.717) is 45.6 Å². The smallest absolute Gasteiger partial charge is 0.203 e.